The van der Waals surface area contributed by atoms with Gasteiger partial charge in [0.2, 0.25) is 0 Å². The van der Waals surface area contributed by atoms with Crippen molar-refractivity contribution in [1.29, 1.82) is 0 Å². The van der Waals surface area contributed by atoms with Crippen LogP contribution in [-0.4, -0.2) is 18.7 Å². The summed E-state index contributed by atoms with van der Waals surface area (Å²) in [6.45, 7) is 3.72. The fourth-order valence-electron chi connectivity index (χ4n) is 6.87. The molecule has 3 aliphatic rings. The number of methoxy groups -OCH3 is 1. The van der Waals surface area contributed by atoms with E-state index in [1.54, 1.807) is 7.11 Å². The molecule has 1 aromatic carbocycles. The summed E-state index contributed by atoms with van der Waals surface area (Å²) in [7, 11) is 1.73. The van der Waals surface area contributed by atoms with Crippen LogP contribution >= 0.6 is 0 Å². The van der Waals surface area contributed by atoms with Crippen molar-refractivity contribution >= 4 is 5.97 Å². The van der Waals surface area contributed by atoms with Gasteiger partial charge in [-0.1, -0.05) is 18.9 Å². The molecule has 144 valence electrons. The Kier molecular flexibility index (Phi) is 4.49. The highest BCUT2D eigenvalue weighted by atomic mass is 16.6. The van der Waals surface area contributed by atoms with Gasteiger partial charge in [0, 0.05) is 12.3 Å². The number of rotatable bonds is 3. The van der Waals surface area contributed by atoms with Crippen molar-refractivity contribution in [2.24, 2.45) is 17.3 Å². The Morgan fingerprint density at radius 1 is 1.30 bits per heavy atom. The third-order valence-electron chi connectivity index (χ3n) is 7.94. The molecule has 27 heavy (non-hydrogen) atoms. The highest BCUT2D eigenvalue weighted by Gasteiger charge is 2.65. The lowest BCUT2D eigenvalue weighted by Crippen LogP contribution is -2.53. The number of terminal acetylenes is 1. The first-order valence-corrected chi connectivity index (χ1v) is 10.3. The predicted octanol–water partition coefficient (Wildman–Crippen LogP) is 4.88. The maximum absolute atomic E-state index is 11.9. The van der Waals surface area contributed by atoms with E-state index in [1.807, 2.05) is 0 Å². The Morgan fingerprint density at radius 3 is 2.78 bits per heavy atom. The van der Waals surface area contributed by atoms with Crippen molar-refractivity contribution in [3.63, 3.8) is 0 Å². The molecule has 0 saturated heterocycles. The van der Waals surface area contributed by atoms with Crippen molar-refractivity contribution in [2.45, 2.75) is 70.3 Å². The van der Waals surface area contributed by atoms with Crippen LogP contribution in [0.25, 0.3) is 0 Å². The Hall–Kier alpha value is -1.95. The van der Waals surface area contributed by atoms with Gasteiger partial charge in [0.25, 0.3) is 0 Å². The van der Waals surface area contributed by atoms with E-state index in [2.05, 4.69) is 31.0 Å². The molecular formula is C24H30O3. The molecule has 3 aliphatic carbocycles. The topological polar surface area (TPSA) is 35.5 Å². The Morgan fingerprint density at radius 2 is 2.11 bits per heavy atom. The highest BCUT2D eigenvalue weighted by Crippen LogP contribution is 2.66. The van der Waals surface area contributed by atoms with Gasteiger partial charge in [0.15, 0.2) is 5.60 Å². The Balaban J connectivity index is 1.71. The minimum atomic E-state index is -0.719. The van der Waals surface area contributed by atoms with Crippen molar-refractivity contribution in [3.05, 3.63) is 29.3 Å². The largest absolute Gasteiger partial charge is 0.497 e. The predicted molar refractivity (Wildman–Crippen MR) is 106 cm³/mol. The van der Waals surface area contributed by atoms with Crippen molar-refractivity contribution in [2.75, 3.05) is 7.11 Å². The second kappa shape index (κ2) is 6.59. The van der Waals surface area contributed by atoms with E-state index in [1.165, 1.54) is 24.5 Å². The quantitative estimate of drug-likeness (QED) is 0.565. The smallest absolute Gasteiger partial charge is 0.304 e. The molecule has 3 heteroatoms. The number of hydrogen-bond acceptors (Lipinski definition) is 3. The molecule has 0 heterocycles. The number of carbonyl (C=O) groups excluding carboxylic acids is 1. The number of ether oxygens (including phenoxy) is 2. The molecule has 1 aromatic rings. The summed E-state index contributed by atoms with van der Waals surface area (Å²) in [5, 5.41) is 0. The molecule has 0 unspecified atom stereocenters. The number of hydrogen-bond donors (Lipinski definition) is 0. The van der Waals surface area contributed by atoms with Crippen LogP contribution in [0.5, 0.6) is 5.75 Å². The lowest BCUT2D eigenvalue weighted by Gasteiger charge is -2.54. The van der Waals surface area contributed by atoms with Crippen LogP contribution in [0.15, 0.2) is 18.2 Å². The van der Waals surface area contributed by atoms with Crippen molar-refractivity contribution < 1.29 is 14.3 Å². The van der Waals surface area contributed by atoms with Crippen LogP contribution in [0.4, 0.5) is 0 Å². The second-order valence-corrected chi connectivity index (χ2v) is 8.63. The summed E-state index contributed by atoms with van der Waals surface area (Å²) in [5.74, 6) is 5.43. The van der Waals surface area contributed by atoms with Crippen LogP contribution in [-0.2, 0) is 16.0 Å². The van der Waals surface area contributed by atoms with Gasteiger partial charge >= 0.3 is 5.97 Å². The Bertz CT molecular complexity index is 791. The number of fused-ring (bicyclic) bond motifs is 5. The molecule has 2 fully saturated rings. The first kappa shape index (κ1) is 18.4. The molecule has 0 amide bonds. The fourth-order valence-corrected chi connectivity index (χ4v) is 6.87. The first-order chi connectivity index (χ1) is 13.0. The normalized spacial score (nSPS) is 36.7. The van der Waals surface area contributed by atoms with E-state index in [0.29, 0.717) is 17.8 Å². The molecule has 5 atom stereocenters. The zero-order valence-electron chi connectivity index (χ0n) is 16.7. The lowest BCUT2D eigenvalue weighted by molar-refractivity contribution is -0.168. The number of benzene rings is 1. The zero-order chi connectivity index (χ0) is 19.2. The van der Waals surface area contributed by atoms with Crippen LogP contribution < -0.4 is 4.74 Å². The molecule has 2 saturated carbocycles. The Labute approximate surface area is 162 Å². The summed E-state index contributed by atoms with van der Waals surface area (Å²) in [5.41, 5.74) is 2.16. The average molecular weight is 367 g/mol. The van der Waals surface area contributed by atoms with E-state index >= 15 is 0 Å². The van der Waals surface area contributed by atoms with Crippen LogP contribution in [0.2, 0.25) is 0 Å². The number of aryl methyl sites for hydroxylation is 1. The van der Waals surface area contributed by atoms with Gasteiger partial charge in [-0.2, -0.15) is 0 Å². The number of esters is 1. The van der Waals surface area contributed by atoms with Crippen LogP contribution in [0.1, 0.15) is 69.4 Å². The summed E-state index contributed by atoms with van der Waals surface area (Å²) < 4.78 is 11.3. The van der Waals surface area contributed by atoms with Crippen LogP contribution in [0, 0.1) is 29.6 Å². The lowest BCUT2D eigenvalue weighted by atomic mass is 9.52. The minimum absolute atomic E-state index is 0.0709. The van der Waals surface area contributed by atoms with E-state index < -0.39 is 5.60 Å². The summed E-state index contributed by atoms with van der Waals surface area (Å²) in [6.07, 6.45) is 13.3. The van der Waals surface area contributed by atoms with E-state index in [-0.39, 0.29) is 11.4 Å². The van der Waals surface area contributed by atoms with Gasteiger partial charge in [-0.15, -0.1) is 6.42 Å². The monoisotopic (exact) mass is 366 g/mol. The van der Waals surface area contributed by atoms with E-state index in [4.69, 9.17) is 15.9 Å². The number of carbonyl (C=O) groups is 1. The highest BCUT2D eigenvalue weighted by molar-refractivity contribution is 5.67. The van der Waals surface area contributed by atoms with Gasteiger partial charge in [0.1, 0.15) is 5.75 Å². The molecule has 4 rings (SSSR count). The third-order valence-corrected chi connectivity index (χ3v) is 7.94. The molecule has 0 N–H and O–H groups in total. The molecule has 0 bridgehead atoms. The van der Waals surface area contributed by atoms with Crippen LogP contribution in [0.3, 0.4) is 0 Å². The van der Waals surface area contributed by atoms with E-state index in [9.17, 15) is 4.79 Å². The van der Waals surface area contributed by atoms with Gasteiger partial charge in [-0.3, -0.25) is 4.79 Å². The van der Waals surface area contributed by atoms with Gasteiger partial charge in [-0.25, -0.2) is 0 Å². The van der Waals surface area contributed by atoms with Gasteiger partial charge in [0.05, 0.1) is 7.11 Å². The minimum Gasteiger partial charge on any atom is -0.497 e. The van der Waals surface area contributed by atoms with Gasteiger partial charge < -0.3 is 9.47 Å². The molecular weight excluding hydrogens is 336 g/mol. The van der Waals surface area contributed by atoms with E-state index in [0.717, 1.165) is 44.3 Å². The average Bonchev–Trinajstić information content (AvgIpc) is 3.01. The zero-order valence-corrected chi connectivity index (χ0v) is 16.7. The summed E-state index contributed by atoms with van der Waals surface area (Å²) in [4.78, 5) is 11.9. The third kappa shape index (κ3) is 2.53. The van der Waals surface area contributed by atoms with Crippen molar-refractivity contribution in [1.82, 2.24) is 0 Å². The van der Waals surface area contributed by atoms with Crippen molar-refractivity contribution in [3.8, 4) is 18.1 Å². The molecule has 0 spiro atoms. The molecule has 0 radical (unpaired) electrons. The maximum Gasteiger partial charge on any atom is 0.304 e. The molecule has 0 aromatic heterocycles. The molecule has 3 nitrogen and oxygen atoms in total. The van der Waals surface area contributed by atoms with Gasteiger partial charge in [-0.05, 0) is 86.0 Å². The summed E-state index contributed by atoms with van der Waals surface area (Å²) >= 11 is 0. The summed E-state index contributed by atoms with van der Waals surface area (Å²) in [6, 6.07) is 6.59. The fraction of sp³-hybridized carbons (Fsp3) is 0.625. The standard InChI is InChI=1S/C24H30O3/c1-5-23-13-11-20-19-10-8-18(26-4)15-17(19)7-9-21(20)22(23)12-14-24(23,6-2)27-16(3)25/h2,8,10,15,20-22H,5,7,9,11-14H2,1,3-4H3/t20-,21-,22+,23+,24+/m1/s1. The SMILES string of the molecule is C#C[C@]1(OC(C)=O)CC[C@H]2[C@@H]3CCc4cc(OC)ccc4[C@H]3CC[C@@]21CC. The maximum atomic E-state index is 11.9. The second-order valence-electron chi connectivity index (χ2n) is 8.63. The first-order valence-electron chi connectivity index (χ1n) is 10.3. The molecule has 0 aliphatic heterocycles.